The van der Waals surface area contributed by atoms with Crippen LogP contribution in [0.2, 0.25) is 0 Å². The lowest BCUT2D eigenvalue weighted by Gasteiger charge is -2.06. The summed E-state index contributed by atoms with van der Waals surface area (Å²) in [6, 6.07) is 10.6. The van der Waals surface area contributed by atoms with E-state index in [0.29, 0.717) is 17.9 Å². The SMILES string of the molecule is NCc1c(COc2ccc(F)cc2F)oc2ccccc12. The van der Waals surface area contributed by atoms with Crippen molar-refractivity contribution >= 4 is 11.0 Å². The lowest BCUT2D eigenvalue weighted by Crippen LogP contribution is -2.03. The molecule has 3 rings (SSSR count). The first-order chi connectivity index (χ1) is 10.2. The first kappa shape index (κ1) is 13.6. The molecule has 0 aliphatic carbocycles. The van der Waals surface area contributed by atoms with E-state index in [9.17, 15) is 8.78 Å². The second kappa shape index (κ2) is 5.54. The summed E-state index contributed by atoms with van der Waals surface area (Å²) < 4.78 is 37.4. The highest BCUT2D eigenvalue weighted by molar-refractivity contribution is 5.82. The van der Waals surface area contributed by atoms with Crippen LogP contribution in [0, 0.1) is 11.6 Å². The molecule has 0 saturated heterocycles. The summed E-state index contributed by atoms with van der Waals surface area (Å²) in [7, 11) is 0. The number of nitrogens with two attached hydrogens (primary N) is 1. The minimum atomic E-state index is -0.750. The molecule has 0 unspecified atom stereocenters. The Labute approximate surface area is 119 Å². The third-order valence-corrected chi connectivity index (χ3v) is 3.24. The predicted octanol–water partition coefficient (Wildman–Crippen LogP) is 3.75. The molecule has 2 N–H and O–H groups in total. The van der Waals surface area contributed by atoms with Crippen LogP contribution in [0.1, 0.15) is 11.3 Å². The number of ether oxygens (including phenoxy) is 1. The average molecular weight is 289 g/mol. The Balaban J connectivity index is 1.88. The van der Waals surface area contributed by atoms with Crippen molar-refractivity contribution < 1.29 is 17.9 Å². The minimum absolute atomic E-state index is 0.0279. The van der Waals surface area contributed by atoms with Crippen molar-refractivity contribution in [2.75, 3.05) is 0 Å². The Morgan fingerprint density at radius 3 is 2.67 bits per heavy atom. The van der Waals surface area contributed by atoms with Crippen molar-refractivity contribution in [3.8, 4) is 5.75 Å². The fraction of sp³-hybridized carbons (Fsp3) is 0.125. The van der Waals surface area contributed by atoms with E-state index in [1.807, 2.05) is 24.3 Å². The minimum Gasteiger partial charge on any atom is -0.483 e. The summed E-state index contributed by atoms with van der Waals surface area (Å²) >= 11 is 0. The number of benzene rings is 2. The molecule has 108 valence electrons. The Morgan fingerprint density at radius 2 is 1.90 bits per heavy atom. The van der Waals surface area contributed by atoms with Crippen molar-refractivity contribution in [3.63, 3.8) is 0 Å². The molecule has 3 nitrogen and oxygen atoms in total. The van der Waals surface area contributed by atoms with Crippen molar-refractivity contribution in [1.82, 2.24) is 0 Å². The molecule has 0 aliphatic rings. The first-order valence-corrected chi connectivity index (χ1v) is 6.46. The molecule has 21 heavy (non-hydrogen) atoms. The van der Waals surface area contributed by atoms with Crippen molar-refractivity contribution in [1.29, 1.82) is 0 Å². The maximum atomic E-state index is 13.5. The third kappa shape index (κ3) is 2.60. The van der Waals surface area contributed by atoms with Crippen LogP contribution in [0.4, 0.5) is 8.78 Å². The molecule has 0 spiro atoms. The van der Waals surface area contributed by atoms with Crippen LogP contribution in [0.25, 0.3) is 11.0 Å². The number of para-hydroxylation sites is 1. The van der Waals surface area contributed by atoms with E-state index >= 15 is 0 Å². The van der Waals surface area contributed by atoms with Gasteiger partial charge in [0.25, 0.3) is 0 Å². The van der Waals surface area contributed by atoms with Gasteiger partial charge in [0.15, 0.2) is 11.6 Å². The number of halogens is 2. The van der Waals surface area contributed by atoms with Gasteiger partial charge in [-0.1, -0.05) is 18.2 Å². The van der Waals surface area contributed by atoms with Gasteiger partial charge in [-0.25, -0.2) is 8.78 Å². The van der Waals surface area contributed by atoms with Gasteiger partial charge >= 0.3 is 0 Å². The van der Waals surface area contributed by atoms with Crippen molar-refractivity contribution in [3.05, 3.63) is 65.4 Å². The second-order valence-corrected chi connectivity index (χ2v) is 4.57. The van der Waals surface area contributed by atoms with Crippen LogP contribution in [-0.2, 0) is 13.2 Å². The van der Waals surface area contributed by atoms with E-state index in [-0.39, 0.29) is 12.4 Å². The Kier molecular flexibility index (Phi) is 3.58. The lowest BCUT2D eigenvalue weighted by molar-refractivity contribution is 0.260. The highest BCUT2D eigenvalue weighted by atomic mass is 19.1. The molecule has 0 bridgehead atoms. The summed E-state index contributed by atoms with van der Waals surface area (Å²) in [6.45, 7) is 0.325. The Bertz CT molecular complexity index is 783. The van der Waals surface area contributed by atoms with Gasteiger partial charge in [0, 0.05) is 23.6 Å². The molecule has 0 fully saturated rings. The van der Waals surface area contributed by atoms with E-state index in [0.717, 1.165) is 23.1 Å². The zero-order valence-corrected chi connectivity index (χ0v) is 11.1. The summed E-state index contributed by atoms with van der Waals surface area (Å²) in [5, 5.41) is 0.915. The highest BCUT2D eigenvalue weighted by Gasteiger charge is 2.14. The van der Waals surface area contributed by atoms with Crippen LogP contribution >= 0.6 is 0 Å². The van der Waals surface area contributed by atoms with E-state index in [4.69, 9.17) is 14.9 Å². The monoisotopic (exact) mass is 289 g/mol. The third-order valence-electron chi connectivity index (χ3n) is 3.24. The Hall–Kier alpha value is -2.40. The van der Waals surface area contributed by atoms with Crippen LogP contribution in [-0.4, -0.2) is 0 Å². The van der Waals surface area contributed by atoms with Gasteiger partial charge in [0.05, 0.1) is 0 Å². The quantitative estimate of drug-likeness (QED) is 0.795. The van der Waals surface area contributed by atoms with E-state index in [1.165, 1.54) is 6.07 Å². The fourth-order valence-electron chi connectivity index (χ4n) is 2.23. The average Bonchev–Trinajstić information content (AvgIpc) is 2.83. The molecular weight excluding hydrogens is 276 g/mol. The maximum absolute atomic E-state index is 13.5. The number of hydrogen-bond acceptors (Lipinski definition) is 3. The molecule has 0 saturated carbocycles. The fourth-order valence-corrected chi connectivity index (χ4v) is 2.23. The molecule has 2 aromatic carbocycles. The van der Waals surface area contributed by atoms with Crippen molar-refractivity contribution in [2.45, 2.75) is 13.2 Å². The van der Waals surface area contributed by atoms with Crippen LogP contribution in [0.15, 0.2) is 46.9 Å². The molecule has 0 atom stereocenters. The number of rotatable bonds is 4. The Morgan fingerprint density at radius 1 is 1.10 bits per heavy atom. The highest BCUT2D eigenvalue weighted by Crippen LogP contribution is 2.27. The molecular formula is C16H13F2NO2. The second-order valence-electron chi connectivity index (χ2n) is 4.57. The van der Waals surface area contributed by atoms with Crippen LogP contribution in [0.3, 0.4) is 0 Å². The number of hydrogen-bond donors (Lipinski definition) is 1. The summed E-state index contributed by atoms with van der Waals surface area (Å²) in [5.74, 6) is -0.881. The lowest BCUT2D eigenvalue weighted by atomic mass is 10.1. The molecule has 1 aromatic heterocycles. The number of fused-ring (bicyclic) bond motifs is 1. The maximum Gasteiger partial charge on any atom is 0.167 e. The van der Waals surface area contributed by atoms with Gasteiger partial charge in [0.2, 0.25) is 0 Å². The zero-order chi connectivity index (χ0) is 14.8. The normalized spacial score (nSPS) is 11.0. The molecule has 5 heteroatoms. The smallest absolute Gasteiger partial charge is 0.167 e. The summed E-state index contributed by atoms with van der Waals surface area (Å²) in [5.41, 5.74) is 7.27. The topological polar surface area (TPSA) is 48.4 Å². The largest absolute Gasteiger partial charge is 0.483 e. The van der Waals surface area contributed by atoms with E-state index in [1.54, 1.807) is 0 Å². The van der Waals surface area contributed by atoms with E-state index in [2.05, 4.69) is 0 Å². The van der Waals surface area contributed by atoms with Crippen LogP contribution in [0.5, 0.6) is 5.75 Å². The first-order valence-electron chi connectivity index (χ1n) is 6.46. The molecule has 0 radical (unpaired) electrons. The molecule has 1 heterocycles. The summed E-state index contributed by atoms with van der Waals surface area (Å²) in [6.07, 6.45) is 0. The predicted molar refractivity (Wildman–Crippen MR) is 74.8 cm³/mol. The molecule has 0 aliphatic heterocycles. The van der Waals surface area contributed by atoms with Gasteiger partial charge in [-0.15, -0.1) is 0 Å². The van der Waals surface area contributed by atoms with Gasteiger partial charge in [-0.3, -0.25) is 0 Å². The van der Waals surface area contributed by atoms with Crippen LogP contribution < -0.4 is 10.5 Å². The van der Waals surface area contributed by atoms with Gasteiger partial charge in [0.1, 0.15) is 23.8 Å². The number of furan rings is 1. The summed E-state index contributed by atoms with van der Waals surface area (Å²) in [4.78, 5) is 0. The standard InChI is InChI=1S/C16H13F2NO2/c17-10-5-6-15(13(18)7-10)20-9-16-12(8-19)11-3-1-2-4-14(11)21-16/h1-7H,8-9,19H2. The van der Waals surface area contributed by atoms with Gasteiger partial charge in [-0.2, -0.15) is 0 Å². The van der Waals surface area contributed by atoms with E-state index < -0.39 is 11.6 Å². The van der Waals surface area contributed by atoms with Gasteiger partial charge < -0.3 is 14.9 Å². The van der Waals surface area contributed by atoms with Gasteiger partial charge in [-0.05, 0) is 18.2 Å². The van der Waals surface area contributed by atoms with Crippen molar-refractivity contribution in [2.24, 2.45) is 5.73 Å². The molecule has 0 amide bonds. The molecule has 3 aromatic rings. The zero-order valence-electron chi connectivity index (χ0n) is 11.1.